The quantitative estimate of drug-likeness (QED) is 0.551. The fourth-order valence-electron chi connectivity index (χ4n) is 1.37. The third-order valence-electron chi connectivity index (χ3n) is 2.57. The number of unbranched alkanes of at least 4 members (excludes halogenated alkanes) is 2. The van der Waals surface area contributed by atoms with Crippen LogP contribution in [0.3, 0.4) is 0 Å². The zero-order chi connectivity index (χ0) is 14.1. The van der Waals surface area contributed by atoms with Crippen LogP contribution in [0.1, 0.15) is 39.5 Å². The van der Waals surface area contributed by atoms with Crippen LogP contribution in [0.2, 0.25) is 0 Å². The molecule has 0 spiro atoms. The van der Waals surface area contributed by atoms with Crippen LogP contribution in [-0.4, -0.2) is 43.1 Å². The molecule has 106 valence electrons. The van der Waals surface area contributed by atoms with Gasteiger partial charge in [-0.3, -0.25) is 4.48 Å². The molecule has 0 aromatic heterocycles. The van der Waals surface area contributed by atoms with Crippen molar-refractivity contribution >= 4 is 16.5 Å². The van der Waals surface area contributed by atoms with E-state index in [1.807, 2.05) is 19.5 Å². The van der Waals surface area contributed by atoms with Gasteiger partial charge in [-0.1, -0.05) is 26.7 Å². The van der Waals surface area contributed by atoms with E-state index in [-0.39, 0.29) is 5.75 Å². The van der Waals surface area contributed by atoms with Crippen LogP contribution in [0.5, 0.6) is 0 Å². The zero-order valence-corrected chi connectivity index (χ0v) is 12.3. The Kier molecular flexibility index (Phi) is 8.06. The van der Waals surface area contributed by atoms with Crippen molar-refractivity contribution in [1.29, 1.82) is 0 Å². The third-order valence-corrected chi connectivity index (χ3v) is 3.35. The van der Waals surface area contributed by atoms with Gasteiger partial charge < -0.3 is 4.55 Å². The van der Waals surface area contributed by atoms with Crippen molar-refractivity contribution in [2.75, 3.05) is 19.3 Å². The molecule has 1 heterocycles. The lowest BCUT2D eigenvalue weighted by Crippen LogP contribution is -2.35. The first-order valence-corrected chi connectivity index (χ1v) is 7.91. The summed E-state index contributed by atoms with van der Waals surface area (Å²) < 4.78 is 30.4. The molecule has 0 bridgehead atoms. The highest BCUT2D eigenvalue weighted by Gasteiger charge is 2.17. The lowest BCUT2D eigenvalue weighted by atomic mass is 10.3. The number of nitrogens with zero attached hydrogens (tertiary/aromatic N) is 2. The van der Waals surface area contributed by atoms with Crippen LogP contribution in [0.4, 0.5) is 0 Å². The van der Waals surface area contributed by atoms with Crippen LogP contribution in [0.15, 0.2) is 17.4 Å². The minimum absolute atomic E-state index is 0.219. The van der Waals surface area contributed by atoms with Crippen molar-refractivity contribution in [3.8, 4) is 0 Å². The second-order valence-corrected chi connectivity index (χ2v) is 6.13. The number of hydrogen-bond acceptors (Lipinski definition) is 4. The van der Waals surface area contributed by atoms with E-state index >= 15 is 0 Å². The summed E-state index contributed by atoms with van der Waals surface area (Å²) in [4.78, 5) is 4.06. The zero-order valence-electron chi connectivity index (χ0n) is 11.5. The molecule has 1 rings (SSSR count). The molecular weight excluding hydrogens is 252 g/mol. The SMILES string of the molecule is CCCCS(=O)(=O)[O-].CCCC[N+]1(C)C=CN=C1. The van der Waals surface area contributed by atoms with Crippen LogP contribution < -0.4 is 0 Å². The molecule has 0 amide bonds. The average Bonchev–Trinajstić information content (AvgIpc) is 2.71. The molecule has 0 N–H and O–H groups in total. The highest BCUT2D eigenvalue weighted by Crippen LogP contribution is 2.08. The van der Waals surface area contributed by atoms with Gasteiger partial charge in [-0.25, -0.2) is 13.4 Å². The Labute approximate surface area is 111 Å². The highest BCUT2D eigenvalue weighted by atomic mass is 32.2. The minimum Gasteiger partial charge on any atom is -0.748 e. The molecule has 1 unspecified atom stereocenters. The summed E-state index contributed by atoms with van der Waals surface area (Å²) >= 11 is 0. The first kappa shape index (κ1) is 17.3. The second kappa shape index (κ2) is 8.39. The van der Waals surface area contributed by atoms with Crippen molar-refractivity contribution in [3.63, 3.8) is 0 Å². The molecule has 1 atom stereocenters. The molecule has 0 saturated heterocycles. The molecule has 0 aromatic rings. The van der Waals surface area contributed by atoms with Crippen molar-refractivity contribution in [1.82, 2.24) is 0 Å². The summed E-state index contributed by atoms with van der Waals surface area (Å²) in [5.41, 5.74) is 0. The smallest absolute Gasteiger partial charge is 0.194 e. The molecule has 18 heavy (non-hydrogen) atoms. The normalized spacial score (nSPS) is 21.8. The predicted octanol–water partition coefficient (Wildman–Crippen LogP) is 2.08. The summed E-state index contributed by atoms with van der Waals surface area (Å²) in [5, 5.41) is 0. The van der Waals surface area contributed by atoms with E-state index in [2.05, 4.69) is 25.2 Å². The standard InChI is InChI=1S/C8H15N2.C4H10O3S/c1-3-4-6-10(2)7-5-9-8-10;1-2-3-4-8(5,6)7/h5,7-8H,3-4,6H2,1-2H3;2-4H2,1H3,(H,5,6,7)/q+1;/p-1. The van der Waals surface area contributed by atoms with Crippen molar-refractivity contribution in [2.45, 2.75) is 39.5 Å². The Hall–Kier alpha value is -0.720. The molecule has 5 nitrogen and oxygen atoms in total. The summed E-state index contributed by atoms with van der Waals surface area (Å²) in [6.45, 7) is 5.23. The van der Waals surface area contributed by atoms with Crippen LogP contribution in [0.25, 0.3) is 0 Å². The summed E-state index contributed by atoms with van der Waals surface area (Å²) in [7, 11) is -1.77. The first-order valence-electron chi connectivity index (χ1n) is 6.33. The van der Waals surface area contributed by atoms with E-state index in [1.165, 1.54) is 19.4 Å². The minimum atomic E-state index is -3.94. The molecule has 0 radical (unpaired) electrons. The van der Waals surface area contributed by atoms with E-state index in [0.717, 1.165) is 10.9 Å². The number of rotatable bonds is 6. The van der Waals surface area contributed by atoms with Gasteiger partial charge in [0.05, 0.1) is 29.9 Å². The third kappa shape index (κ3) is 9.32. The molecule has 0 fully saturated rings. The largest absolute Gasteiger partial charge is 0.748 e. The molecule has 1 aliphatic rings. The van der Waals surface area contributed by atoms with Gasteiger partial charge in [0.15, 0.2) is 6.34 Å². The lowest BCUT2D eigenvalue weighted by molar-refractivity contribution is -0.756. The molecular formula is C12H24N2O3S. The number of hydrogen-bond donors (Lipinski definition) is 0. The number of quaternary nitrogens is 1. The molecule has 0 saturated carbocycles. The maximum atomic E-state index is 9.83. The molecule has 0 aliphatic carbocycles. The Balaban J connectivity index is 0.000000331. The van der Waals surface area contributed by atoms with E-state index in [9.17, 15) is 13.0 Å². The number of aliphatic imine (C=N–C) groups is 1. The van der Waals surface area contributed by atoms with Crippen LogP contribution >= 0.6 is 0 Å². The van der Waals surface area contributed by atoms with Crippen molar-refractivity contribution in [2.24, 2.45) is 4.99 Å². The van der Waals surface area contributed by atoms with Crippen LogP contribution in [0, 0.1) is 0 Å². The van der Waals surface area contributed by atoms with Crippen molar-refractivity contribution in [3.05, 3.63) is 12.4 Å². The average molecular weight is 276 g/mol. The molecule has 1 aliphatic heterocycles. The summed E-state index contributed by atoms with van der Waals surface area (Å²) in [5.74, 6) is -0.219. The van der Waals surface area contributed by atoms with Gasteiger partial charge in [0.1, 0.15) is 6.20 Å². The highest BCUT2D eigenvalue weighted by molar-refractivity contribution is 7.85. The second-order valence-electron chi connectivity index (χ2n) is 4.60. The van der Waals surface area contributed by atoms with Crippen molar-refractivity contribution < 1.29 is 17.5 Å². The van der Waals surface area contributed by atoms with E-state index in [4.69, 9.17) is 0 Å². The Morgan fingerprint density at radius 3 is 2.17 bits per heavy atom. The topological polar surface area (TPSA) is 69.6 Å². The monoisotopic (exact) mass is 276 g/mol. The van der Waals surface area contributed by atoms with Gasteiger partial charge in [0.25, 0.3) is 0 Å². The van der Waals surface area contributed by atoms with E-state index in [1.54, 1.807) is 0 Å². The fourth-order valence-corrected chi connectivity index (χ4v) is 2.01. The maximum Gasteiger partial charge on any atom is 0.194 e. The van der Waals surface area contributed by atoms with Gasteiger partial charge in [0, 0.05) is 5.75 Å². The summed E-state index contributed by atoms with van der Waals surface area (Å²) in [6, 6.07) is 0. The van der Waals surface area contributed by atoms with E-state index in [0.29, 0.717) is 6.42 Å². The maximum absolute atomic E-state index is 9.83. The predicted molar refractivity (Wildman–Crippen MR) is 73.1 cm³/mol. The fraction of sp³-hybridized carbons (Fsp3) is 0.750. The molecule has 0 aromatic carbocycles. The first-order chi connectivity index (χ1) is 8.33. The van der Waals surface area contributed by atoms with Gasteiger partial charge in [-0.15, -0.1) is 0 Å². The Morgan fingerprint density at radius 2 is 1.83 bits per heavy atom. The van der Waals surface area contributed by atoms with E-state index < -0.39 is 10.1 Å². The van der Waals surface area contributed by atoms with Crippen LogP contribution in [-0.2, 0) is 10.1 Å². The van der Waals surface area contributed by atoms with Gasteiger partial charge in [-0.05, 0) is 12.8 Å². The van der Waals surface area contributed by atoms with Gasteiger partial charge in [0.2, 0.25) is 0 Å². The van der Waals surface area contributed by atoms with Gasteiger partial charge >= 0.3 is 0 Å². The summed E-state index contributed by atoms with van der Waals surface area (Å²) in [6.07, 6.45) is 9.73. The Bertz CT molecular complexity index is 363. The lowest BCUT2D eigenvalue weighted by Gasteiger charge is -2.20. The molecule has 6 heteroatoms. The van der Waals surface area contributed by atoms with Gasteiger partial charge in [-0.2, -0.15) is 0 Å². The Morgan fingerprint density at radius 1 is 1.22 bits per heavy atom.